The molecule has 0 spiro atoms. The van der Waals surface area contributed by atoms with Crippen molar-refractivity contribution in [2.24, 2.45) is 24.3 Å². The van der Waals surface area contributed by atoms with Gasteiger partial charge in [-0.05, 0) is 56.6 Å². The van der Waals surface area contributed by atoms with Gasteiger partial charge in [0.25, 0.3) is 0 Å². The molecule has 3 nitrogen and oxygen atoms in total. The summed E-state index contributed by atoms with van der Waals surface area (Å²) in [5.41, 5.74) is 2.80. The molecule has 1 aliphatic carbocycles. The molecule has 1 aromatic heterocycles. The number of hydrogen-bond acceptors (Lipinski definition) is 2. The maximum Gasteiger partial charge on any atom is 0.0596 e. The molecule has 1 heterocycles. The molecule has 3 unspecified atom stereocenters. The molecular formula is C17H31N3. The minimum absolute atomic E-state index is 0.314. The topological polar surface area (TPSA) is 29.9 Å². The predicted octanol–water partition coefficient (Wildman–Crippen LogP) is 3.32. The molecule has 114 valence electrons. The van der Waals surface area contributed by atoms with E-state index in [0.29, 0.717) is 11.5 Å². The Balaban J connectivity index is 2.14. The zero-order valence-electron chi connectivity index (χ0n) is 14.0. The summed E-state index contributed by atoms with van der Waals surface area (Å²) in [6, 6.07) is 2.89. The lowest BCUT2D eigenvalue weighted by Crippen LogP contribution is -2.46. The fourth-order valence-electron chi connectivity index (χ4n) is 4.06. The van der Waals surface area contributed by atoms with Gasteiger partial charge >= 0.3 is 0 Å². The molecule has 0 aliphatic heterocycles. The summed E-state index contributed by atoms with van der Waals surface area (Å²) in [6.45, 7) is 9.33. The van der Waals surface area contributed by atoms with E-state index >= 15 is 0 Å². The molecule has 1 aliphatic rings. The average molecular weight is 277 g/mol. The smallest absolute Gasteiger partial charge is 0.0596 e. The fourth-order valence-corrected chi connectivity index (χ4v) is 4.06. The number of rotatable bonds is 4. The van der Waals surface area contributed by atoms with Crippen LogP contribution >= 0.6 is 0 Å². The summed E-state index contributed by atoms with van der Waals surface area (Å²) in [5.74, 6) is 1.61. The van der Waals surface area contributed by atoms with Crippen molar-refractivity contribution >= 4 is 0 Å². The molecule has 3 atom stereocenters. The monoisotopic (exact) mass is 277 g/mol. The van der Waals surface area contributed by atoms with Gasteiger partial charge < -0.3 is 5.32 Å². The Hall–Kier alpha value is -0.830. The van der Waals surface area contributed by atoms with Crippen LogP contribution in [0.2, 0.25) is 0 Å². The summed E-state index contributed by atoms with van der Waals surface area (Å²) in [7, 11) is 4.19. The second-order valence-electron chi connectivity index (χ2n) is 7.49. The van der Waals surface area contributed by atoms with Crippen LogP contribution in [0.4, 0.5) is 0 Å². The molecule has 0 bridgehead atoms. The third-order valence-electron chi connectivity index (χ3n) is 5.22. The third kappa shape index (κ3) is 3.25. The van der Waals surface area contributed by atoms with Crippen LogP contribution < -0.4 is 5.32 Å². The Morgan fingerprint density at radius 1 is 1.40 bits per heavy atom. The zero-order valence-corrected chi connectivity index (χ0v) is 14.0. The van der Waals surface area contributed by atoms with Crippen LogP contribution in [0.5, 0.6) is 0 Å². The van der Waals surface area contributed by atoms with Crippen LogP contribution in [0.25, 0.3) is 0 Å². The molecule has 1 aromatic rings. The molecule has 0 saturated heterocycles. The SMILES string of the molecule is CNC1CC(C)CCC1C(C)(C)Cc1cc(C)nn1C. The summed E-state index contributed by atoms with van der Waals surface area (Å²) < 4.78 is 2.05. The standard InChI is InChI=1S/C17H31N3/c1-12-7-8-15(16(9-12)18-5)17(3,4)11-14-10-13(2)19-20(14)6/h10,12,15-16,18H,7-9,11H2,1-6H3. The highest BCUT2D eigenvalue weighted by Crippen LogP contribution is 2.42. The van der Waals surface area contributed by atoms with Gasteiger partial charge in [-0.3, -0.25) is 4.68 Å². The minimum Gasteiger partial charge on any atom is -0.317 e. The molecule has 1 fully saturated rings. The van der Waals surface area contributed by atoms with Crippen molar-refractivity contribution < 1.29 is 0 Å². The first-order chi connectivity index (χ1) is 9.33. The van der Waals surface area contributed by atoms with Crippen molar-refractivity contribution in [3.05, 3.63) is 17.5 Å². The van der Waals surface area contributed by atoms with Gasteiger partial charge in [0.1, 0.15) is 0 Å². The summed E-state index contributed by atoms with van der Waals surface area (Å²) in [4.78, 5) is 0. The van der Waals surface area contributed by atoms with Gasteiger partial charge in [0, 0.05) is 18.8 Å². The number of nitrogens with one attached hydrogen (secondary N) is 1. The fraction of sp³-hybridized carbons (Fsp3) is 0.824. The lowest BCUT2D eigenvalue weighted by atomic mass is 9.64. The van der Waals surface area contributed by atoms with Gasteiger partial charge in [0.2, 0.25) is 0 Å². The van der Waals surface area contributed by atoms with Crippen molar-refractivity contribution in [2.75, 3.05) is 7.05 Å². The van der Waals surface area contributed by atoms with Crippen LogP contribution in [-0.4, -0.2) is 22.9 Å². The highest BCUT2D eigenvalue weighted by molar-refractivity contribution is 5.11. The molecule has 0 amide bonds. The lowest BCUT2D eigenvalue weighted by molar-refractivity contribution is 0.0964. The van der Waals surface area contributed by atoms with E-state index in [4.69, 9.17) is 0 Å². The summed E-state index contributed by atoms with van der Waals surface area (Å²) in [5, 5.41) is 8.07. The normalized spacial score (nSPS) is 27.8. The average Bonchev–Trinajstić information content (AvgIpc) is 2.66. The van der Waals surface area contributed by atoms with E-state index in [2.05, 4.69) is 63.0 Å². The number of aryl methyl sites for hydroxylation is 2. The van der Waals surface area contributed by atoms with E-state index in [9.17, 15) is 0 Å². The minimum atomic E-state index is 0.314. The Kier molecular flexibility index (Phi) is 4.58. The van der Waals surface area contributed by atoms with Crippen molar-refractivity contribution in [3.8, 4) is 0 Å². The Morgan fingerprint density at radius 2 is 2.10 bits per heavy atom. The zero-order chi connectivity index (χ0) is 14.9. The van der Waals surface area contributed by atoms with Crippen molar-refractivity contribution in [1.29, 1.82) is 0 Å². The molecule has 1 saturated carbocycles. The van der Waals surface area contributed by atoms with E-state index in [1.807, 2.05) is 0 Å². The third-order valence-corrected chi connectivity index (χ3v) is 5.22. The van der Waals surface area contributed by atoms with Crippen LogP contribution in [0.3, 0.4) is 0 Å². The van der Waals surface area contributed by atoms with Crippen LogP contribution in [0.15, 0.2) is 6.07 Å². The number of aromatic nitrogens is 2. The molecule has 1 N–H and O–H groups in total. The largest absolute Gasteiger partial charge is 0.317 e. The Labute approximate surface area is 124 Å². The highest BCUT2D eigenvalue weighted by Gasteiger charge is 2.38. The van der Waals surface area contributed by atoms with E-state index in [-0.39, 0.29) is 0 Å². The van der Waals surface area contributed by atoms with E-state index in [0.717, 1.165) is 24.0 Å². The molecular weight excluding hydrogens is 246 g/mol. The summed E-state index contributed by atoms with van der Waals surface area (Å²) in [6.07, 6.45) is 5.14. The van der Waals surface area contributed by atoms with Gasteiger partial charge in [-0.1, -0.05) is 27.2 Å². The first-order valence-corrected chi connectivity index (χ1v) is 8.00. The van der Waals surface area contributed by atoms with Gasteiger partial charge in [0.15, 0.2) is 0 Å². The first kappa shape index (κ1) is 15.6. The maximum absolute atomic E-state index is 4.49. The predicted molar refractivity (Wildman–Crippen MR) is 84.8 cm³/mol. The maximum atomic E-state index is 4.49. The lowest BCUT2D eigenvalue weighted by Gasteiger charge is -2.44. The Bertz CT molecular complexity index is 447. The molecule has 2 rings (SSSR count). The quantitative estimate of drug-likeness (QED) is 0.915. The first-order valence-electron chi connectivity index (χ1n) is 8.00. The van der Waals surface area contributed by atoms with Crippen molar-refractivity contribution in [2.45, 2.75) is 59.4 Å². The van der Waals surface area contributed by atoms with E-state index < -0.39 is 0 Å². The number of hydrogen-bond donors (Lipinski definition) is 1. The van der Waals surface area contributed by atoms with E-state index in [1.54, 1.807) is 0 Å². The van der Waals surface area contributed by atoms with Gasteiger partial charge in [-0.15, -0.1) is 0 Å². The Morgan fingerprint density at radius 3 is 2.65 bits per heavy atom. The molecule has 0 radical (unpaired) electrons. The summed E-state index contributed by atoms with van der Waals surface area (Å²) >= 11 is 0. The highest BCUT2D eigenvalue weighted by atomic mass is 15.3. The number of nitrogens with zero attached hydrogens (tertiary/aromatic N) is 2. The van der Waals surface area contributed by atoms with E-state index in [1.165, 1.54) is 25.0 Å². The van der Waals surface area contributed by atoms with Crippen LogP contribution in [-0.2, 0) is 13.5 Å². The molecule has 20 heavy (non-hydrogen) atoms. The van der Waals surface area contributed by atoms with Crippen molar-refractivity contribution in [1.82, 2.24) is 15.1 Å². The molecule has 3 heteroatoms. The second kappa shape index (κ2) is 5.88. The van der Waals surface area contributed by atoms with Gasteiger partial charge in [0.05, 0.1) is 5.69 Å². The van der Waals surface area contributed by atoms with Crippen LogP contribution in [0, 0.1) is 24.2 Å². The second-order valence-corrected chi connectivity index (χ2v) is 7.49. The van der Waals surface area contributed by atoms with Crippen LogP contribution in [0.1, 0.15) is 51.4 Å². The molecule has 0 aromatic carbocycles. The van der Waals surface area contributed by atoms with Crippen molar-refractivity contribution in [3.63, 3.8) is 0 Å². The van der Waals surface area contributed by atoms with Gasteiger partial charge in [-0.2, -0.15) is 5.10 Å². The van der Waals surface area contributed by atoms with Gasteiger partial charge in [-0.25, -0.2) is 0 Å².